The molecule has 0 saturated heterocycles. The number of hydrogen-bond donors (Lipinski definition) is 2. The molecule has 1 aliphatic heterocycles. The molecule has 3 unspecified atom stereocenters. The summed E-state index contributed by atoms with van der Waals surface area (Å²) >= 11 is 0. The van der Waals surface area contributed by atoms with Crippen LogP contribution in [0.2, 0.25) is 0 Å². The highest BCUT2D eigenvalue weighted by molar-refractivity contribution is 5.38. The topological polar surface area (TPSA) is 55.5 Å². The lowest BCUT2D eigenvalue weighted by molar-refractivity contribution is 0.0247. The van der Waals surface area contributed by atoms with Gasteiger partial charge in [-0.3, -0.25) is 0 Å². The van der Waals surface area contributed by atoms with Gasteiger partial charge in [-0.15, -0.1) is 0 Å². The molecular formula is C15H20FNO2. The van der Waals surface area contributed by atoms with Gasteiger partial charge >= 0.3 is 0 Å². The summed E-state index contributed by atoms with van der Waals surface area (Å²) in [6, 6.07) is 4.64. The van der Waals surface area contributed by atoms with Gasteiger partial charge in [0.15, 0.2) is 0 Å². The number of ether oxygens (including phenoxy) is 1. The highest BCUT2D eigenvalue weighted by atomic mass is 19.1. The van der Waals surface area contributed by atoms with Crippen LogP contribution in [0.4, 0.5) is 4.39 Å². The third kappa shape index (κ3) is 2.23. The normalized spacial score (nSPS) is 33.2. The Morgan fingerprint density at radius 1 is 1.47 bits per heavy atom. The van der Waals surface area contributed by atoms with Gasteiger partial charge < -0.3 is 15.6 Å². The molecular weight excluding hydrogens is 245 g/mol. The quantitative estimate of drug-likeness (QED) is 0.879. The van der Waals surface area contributed by atoms with E-state index in [1.165, 1.54) is 12.1 Å². The first-order chi connectivity index (χ1) is 9.13. The number of rotatable bonds is 3. The zero-order valence-corrected chi connectivity index (χ0v) is 10.9. The molecule has 4 heteroatoms. The van der Waals surface area contributed by atoms with Gasteiger partial charge in [0, 0.05) is 23.9 Å². The Balaban J connectivity index is 1.73. The van der Waals surface area contributed by atoms with E-state index < -0.39 is 0 Å². The lowest BCUT2D eigenvalue weighted by atomic mass is 9.78. The van der Waals surface area contributed by atoms with Crippen LogP contribution in [0, 0.1) is 11.2 Å². The van der Waals surface area contributed by atoms with Crippen LogP contribution in [0.1, 0.15) is 31.2 Å². The second-order valence-electron chi connectivity index (χ2n) is 5.87. The third-order valence-corrected chi connectivity index (χ3v) is 4.66. The Morgan fingerprint density at radius 2 is 2.32 bits per heavy atom. The largest absolute Gasteiger partial charge is 0.490 e. The first-order valence-electron chi connectivity index (χ1n) is 6.96. The maximum absolute atomic E-state index is 13.2. The van der Waals surface area contributed by atoms with Crippen LogP contribution in [-0.4, -0.2) is 23.9 Å². The van der Waals surface area contributed by atoms with Crippen LogP contribution in [0.25, 0.3) is 0 Å². The molecule has 3 N–H and O–H groups in total. The number of halogens is 1. The van der Waals surface area contributed by atoms with Crippen LogP contribution in [0.5, 0.6) is 5.75 Å². The average molecular weight is 265 g/mol. The van der Waals surface area contributed by atoms with E-state index in [2.05, 4.69) is 0 Å². The molecule has 2 aliphatic rings. The van der Waals surface area contributed by atoms with Gasteiger partial charge in [-0.05, 0) is 37.5 Å². The lowest BCUT2D eigenvalue weighted by Crippen LogP contribution is -2.41. The summed E-state index contributed by atoms with van der Waals surface area (Å²) in [6.45, 7) is 0.485. The number of benzene rings is 1. The molecule has 3 rings (SSSR count). The van der Waals surface area contributed by atoms with E-state index in [1.807, 2.05) is 0 Å². The molecule has 1 aromatic carbocycles. The van der Waals surface area contributed by atoms with E-state index >= 15 is 0 Å². The fraction of sp³-hybridized carbons (Fsp3) is 0.600. The molecule has 1 heterocycles. The summed E-state index contributed by atoms with van der Waals surface area (Å²) in [5, 5.41) is 10.2. The highest BCUT2D eigenvalue weighted by Gasteiger charge is 2.43. The standard InChI is InChI=1S/C15H20FNO2/c16-11-3-4-13-10(6-11)7-12(19-13)8-15(9-17)5-1-2-14(15)18/h3-4,6,12,14,18H,1-2,5,7-9,17H2. The predicted molar refractivity (Wildman–Crippen MR) is 70.5 cm³/mol. The molecule has 1 aromatic rings. The summed E-state index contributed by atoms with van der Waals surface area (Å²) in [7, 11) is 0. The first-order valence-corrected chi connectivity index (χ1v) is 6.96. The molecule has 104 valence electrons. The summed E-state index contributed by atoms with van der Waals surface area (Å²) in [5.74, 6) is 0.545. The Labute approximate surface area is 112 Å². The van der Waals surface area contributed by atoms with E-state index in [4.69, 9.17) is 10.5 Å². The summed E-state index contributed by atoms with van der Waals surface area (Å²) in [6.07, 6.45) is 3.94. The summed E-state index contributed by atoms with van der Waals surface area (Å²) in [4.78, 5) is 0. The van der Waals surface area contributed by atoms with Crippen molar-refractivity contribution in [3.05, 3.63) is 29.6 Å². The Bertz CT molecular complexity index is 479. The van der Waals surface area contributed by atoms with Gasteiger partial charge in [0.2, 0.25) is 0 Å². The van der Waals surface area contributed by atoms with Crippen molar-refractivity contribution in [3.8, 4) is 5.75 Å². The van der Waals surface area contributed by atoms with Gasteiger partial charge in [0.25, 0.3) is 0 Å². The van der Waals surface area contributed by atoms with Crippen molar-refractivity contribution in [2.45, 2.75) is 44.3 Å². The maximum atomic E-state index is 13.2. The van der Waals surface area contributed by atoms with Crippen molar-refractivity contribution in [1.82, 2.24) is 0 Å². The van der Waals surface area contributed by atoms with Crippen molar-refractivity contribution in [3.63, 3.8) is 0 Å². The van der Waals surface area contributed by atoms with Crippen LogP contribution in [0.15, 0.2) is 18.2 Å². The fourth-order valence-corrected chi connectivity index (χ4v) is 3.54. The molecule has 3 nitrogen and oxygen atoms in total. The first kappa shape index (κ1) is 12.9. The van der Waals surface area contributed by atoms with Crippen LogP contribution >= 0.6 is 0 Å². The summed E-state index contributed by atoms with van der Waals surface area (Å²) < 4.78 is 19.0. The monoisotopic (exact) mass is 265 g/mol. The Morgan fingerprint density at radius 3 is 3.00 bits per heavy atom. The van der Waals surface area contributed by atoms with Gasteiger partial charge in [-0.2, -0.15) is 0 Å². The molecule has 0 aromatic heterocycles. The predicted octanol–water partition coefficient (Wildman–Crippen LogP) is 2.01. The molecule has 1 saturated carbocycles. The highest BCUT2D eigenvalue weighted by Crippen LogP contribution is 2.44. The minimum atomic E-state index is -0.332. The number of aliphatic hydroxyl groups excluding tert-OH is 1. The van der Waals surface area contributed by atoms with Crippen molar-refractivity contribution in [2.24, 2.45) is 11.1 Å². The molecule has 0 amide bonds. The van der Waals surface area contributed by atoms with E-state index in [-0.39, 0.29) is 23.4 Å². The minimum Gasteiger partial charge on any atom is -0.490 e. The van der Waals surface area contributed by atoms with Crippen molar-refractivity contribution in [2.75, 3.05) is 6.54 Å². The zero-order chi connectivity index (χ0) is 13.5. The third-order valence-electron chi connectivity index (χ3n) is 4.66. The zero-order valence-electron chi connectivity index (χ0n) is 10.9. The molecule has 0 spiro atoms. The molecule has 0 radical (unpaired) electrons. The maximum Gasteiger partial charge on any atom is 0.123 e. The molecule has 1 aliphatic carbocycles. The number of fused-ring (bicyclic) bond motifs is 1. The molecule has 19 heavy (non-hydrogen) atoms. The molecule has 1 fully saturated rings. The smallest absolute Gasteiger partial charge is 0.123 e. The minimum absolute atomic E-state index is 0.00750. The molecule has 0 bridgehead atoms. The number of hydrogen-bond acceptors (Lipinski definition) is 3. The van der Waals surface area contributed by atoms with Gasteiger partial charge in [0.05, 0.1) is 6.10 Å². The second-order valence-corrected chi connectivity index (χ2v) is 5.87. The number of nitrogens with two attached hydrogens (primary N) is 1. The van der Waals surface area contributed by atoms with E-state index in [0.717, 1.165) is 37.0 Å². The van der Waals surface area contributed by atoms with Gasteiger partial charge in [0.1, 0.15) is 17.7 Å². The molecule has 3 atom stereocenters. The van der Waals surface area contributed by atoms with Crippen molar-refractivity contribution in [1.29, 1.82) is 0 Å². The van der Waals surface area contributed by atoms with Gasteiger partial charge in [-0.25, -0.2) is 4.39 Å². The van der Waals surface area contributed by atoms with Crippen LogP contribution in [-0.2, 0) is 6.42 Å². The average Bonchev–Trinajstić information content (AvgIpc) is 2.94. The van der Waals surface area contributed by atoms with E-state index in [1.54, 1.807) is 6.07 Å². The van der Waals surface area contributed by atoms with Crippen LogP contribution < -0.4 is 10.5 Å². The van der Waals surface area contributed by atoms with Gasteiger partial charge in [-0.1, -0.05) is 6.42 Å². The van der Waals surface area contributed by atoms with E-state index in [0.29, 0.717) is 13.0 Å². The van der Waals surface area contributed by atoms with E-state index in [9.17, 15) is 9.50 Å². The second kappa shape index (κ2) is 4.76. The van der Waals surface area contributed by atoms with Crippen LogP contribution in [0.3, 0.4) is 0 Å². The fourth-order valence-electron chi connectivity index (χ4n) is 3.54. The number of aliphatic hydroxyl groups is 1. The van der Waals surface area contributed by atoms with Crippen molar-refractivity contribution < 1.29 is 14.2 Å². The van der Waals surface area contributed by atoms with Crippen molar-refractivity contribution >= 4 is 0 Å². The SMILES string of the molecule is NCC1(CC2Cc3cc(F)ccc3O2)CCCC1O. The summed E-state index contributed by atoms with van der Waals surface area (Å²) in [5.41, 5.74) is 6.59. The Hall–Kier alpha value is -1.13. The Kier molecular flexibility index (Phi) is 3.23. The lowest BCUT2D eigenvalue weighted by Gasteiger charge is -2.33.